The second kappa shape index (κ2) is 5.47. The van der Waals surface area contributed by atoms with Gasteiger partial charge in [-0.05, 0) is 47.8 Å². The van der Waals surface area contributed by atoms with E-state index in [1.807, 2.05) is 0 Å². The summed E-state index contributed by atoms with van der Waals surface area (Å²) in [6.07, 6.45) is 1.18. The predicted molar refractivity (Wildman–Crippen MR) is 74.7 cm³/mol. The van der Waals surface area contributed by atoms with Gasteiger partial charge in [-0.1, -0.05) is 6.07 Å². The van der Waals surface area contributed by atoms with Crippen molar-refractivity contribution in [2.45, 2.75) is 36.7 Å². The molecule has 0 aromatic heterocycles. The molecule has 1 aromatic rings. The van der Waals surface area contributed by atoms with Crippen LogP contribution in [0.4, 0.5) is 4.39 Å². The van der Waals surface area contributed by atoms with Gasteiger partial charge in [0.1, 0.15) is 10.7 Å². The lowest BCUT2D eigenvalue weighted by atomic mass is 10.0. The Hall–Kier alpha value is -0.500. The lowest BCUT2D eigenvalue weighted by Crippen LogP contribution is -2.48. The molecule has 0 radical (unpaired) electrons. The van der Waals surface area contributed by atoms with E-state index < -0.39 is 15.8 Å². The smallest absolute Gasteiger partial charge is 0.247 e. The van der Waals surface area contributed by atoms with Crippen LogP contribution in [0.1, 0.15) is 19.8 Å². The van der Waals surface area contributed by atoms with Gasteiger partial charge >= 0.3 is 0 Å². The summed E-state index contributed by atoms with van der Waals surface area (Å²) in [6.45, 7) is 2.12. The first-order valence-electron chi connectivity index (χ1n) is 6.05. The predicted octanol–water partition coefficient (Wildman–Crippen LogP) is 2.09. The summed E-state index contributed by atoms with van der Waals surface area (Å²) in [4.78, 5) is -0.294. The Labute approximate surface area is 121 Å². The highest BCUT2D eigenvalue weighted by atomic mass is 79.9. The van der Waals surface area contributed by atoms with Crippen molar-refractivity contribution < 1.29 is 12.8 Å². The van der Waals surface area contributed by atoms with E-state index in [-0.39, 0.29) is 21.5 Å². The average Bonchev–Trinajstić information content (AvgIpc) is 2.27. The minimum absolute atomic E-state index is 0.00510. The average molecular weight is 351 g/mol. The molecule has 0 unspecified atom stereocenters. The molecule has 1 saturated heterocycles. The molecule has 1 aromatic carbocycles. The van der Waals surface area contributed by atoms with Crippen LogP contribution < -0.4 is 5.73 Å². The second-order valence-electron chi connectivity index (χ2n) is 4.80. The summed E-state index contributed by atoms with van der Waals surface area (Å²) in [5.74, 6) is -0.739. The molecule has 0 saturated carbocycles. The van der Waals surface area contributed by atoms with Gasteiger partial charge in [0.25, 0.3) is 0 Å². The van der Waals surface area contributed by atoms with Crippen LogP contribution in [0, 0.1) is 5.82 Å². The lowest BCUT2D eigenvalue weighted by Gasteiger charge is -2.35. The number of piperidine rings is 1. The second-order valence-corrected chi connectivity index (χ2v) is 7.48. The van der Waals surface area contributed by atoms with E-state index in [0.717, 1.165) is 6.07 Å². The van der Waals surface area contributed by atoms with Crippen molar-refractivity contribution in [3.8, 4) is 0 Å². The molecule has 2 N–H and O–H groups in total. The van der Waals surface area contributed by atoms with Gasteiger partial charge in [0.05, 0.1) is 0 Å². The fraction of sp³-hybridized carbons (Fsp3) is 0.500. The van der Waals surface area contributed by atoms with Crippen LogP contribution in [0.15, 0.2) is 27.6 Å². The number of hydrogen-bond donors (Lipinski definition) is 1. The zero-order chi connectivity index (χ0) is 14.2. The first-order chi connectivity index (χ1) is 8.84. The van der Waals surface area contributed by atoms with Gasteiger partial charge in [-0.3, -0.25) is 0 Å². The monoisotopic (exact) mass is 350 g/mol. The lowest BCUT2D eigenvalue weighted by molar-refractivity contribution is 0.246. The molecule has 1 fully saturated rings. The third kappa shape index (κ3) is 2.84. The van der Waals surface area contributed by atoms with Gasteiger partial charge < -0.3 is 5.73 Å². The molecule has 106 valence electrons. The molecular weight excluding hydrogens is 335 g/mol. The number of halogens is 2. The molecule has 2 atom stereocenters. The van der Waals surface area contributed by atoms with E-state index in [0.29, 0.717) is 19.4 Å². The molecule has 7 heteroatoms. The van der Waals surface area contributed by atoms with Crippen LogP contribution in [-0.2, 0) is 10.0 Å². The molecule has 19 heavy (non-hydrogen) atoms. The highest BCUT2D eigenvalue weighted by Gasteiger charge is 2.36. The maximum Gasteiger partial charge on any atom is 0.247 e. The zero-order valence-corrected chi connectivity index (χ0v) is 12.9. The zero-order valence-electron chi connectivity index (χ0n) is 10.5. The Balaban J connectivity index is 2.43. The van der Waals surface area contributed by atoms with Crippen molar-refractivity contribution in [3.63, 3.8) is 0 Å². The van der Waals surface area contributed by atoms with E-state index in [1.54, 1.807) is 6.92 Å². The van der Waals surface area contributed by atoms with Gasteiger partial charge in [-0.15, -0.1) is 0 Å². The molecule has 0 spiro atoms. The Kier molecular flexibility index (Phi) is 4.29. The fourth-order valence-electron chi connectivity index (χ4n) is 2.39. The first-order valence-corrected chi connectivity index (χ1v) is 8.28. The summed E-state index contributed by atoms with van der Waals surface area (Å²) >= 11 is 3.11. The molecule has 0 aliphatic carbocycles. The summed E-state index contributed by atoms with van der Waals surface area (Å²) in [5, 5.41) is 0. The molecule has 1 heterocycles. The van der Waals surface area contributed by atoms with Gasteiger partial charge in [-0.25, -0.2) is 12.8 Å². The van der Waals surface area contributed by atoms with Crippen molar-refractivity contribution in [3.05, 3.63) is 28.5 Å². The van der Waals surface area contributed by atoms with Crippen LogP contribution in [0.2, 0.25) is 0 Å². The third-order valence-electron chi connectivity index (χ3n) is 3.34. The van der Waals surface area contributed by atoms with Crippen molar-refractivity contribution in [1.29, 1.82) is 0 Å². The summed E-state index contributed by atoms with van der Waals surface area (Å²) in [7, 11) is -3.84. The van der Waals surface area contributed by atoms with Gasteiger partial charge in [-0.2, -0.15) is 4.31 Å². The molecule has 0 bridgehead atoms. The largest absolute Gasteiger partial charge is 0.328 e. The van der Waals surface area contributed by atoms with E-state index in [1.165, 1.54) is 16.4 Å². The minimum atomic E-state index is -3.84. The molecular formula is C12H16BrFN2O2S. The van der Waals surface area contributed by atoms with Crippen molar-refractivity contribution >= 4 is 26.0 Å². The Bertz CT molecular complexity index is 559. The number of benzene rings is 1. The Morgan fingerprint density at radius 2 is 2.16 bits per heavy atom. The summed E-state index contributed by atoms with van der Waals surface area (Å²) < 4.78 is 40.5. The van der Waals surface area contributed by atoms with Gasteiger partial charge in [0, 0.05) is 23.1 Å². The molecule has 1 aliphatic heterocycles. The highest BCUT2D eigenvalue weighted by Crippen LogP contribution is 2.31. The van der Waals surface area contributed by atoms with Crippen LogP contribution >= 0.6 is 15.9 Å². The normalized spacial score (nSPS) is 25.5. The number of sulfonamides is 1. The van der Waals surface area contributed by atoms with Crippen molar-refractivity contribution in [2.24, 2.45) is 5.73 Å². The molecule has 0 amide bonds. The SMILES string of the molecule is C[C@@H]1C[C@@H](N)CCN1S(=O)(=O)c1c(F)cccc1Br. The van der Waals surface area contributed by atoms with Crippen LogP contribution in [0.3, 0.4) is 0 Å². The Morgan fingerprint density at radius 1 is 1.47 bits per heavy atom. The van der Waals surface area contributed by atoms with E-state index in [4.69, 9.17) is 5.73 Å². The summed E-state index contributed by atoms with van der Waals surface area (Å²) in [5.41, 5.74) is 5.82. The third-order valence-corrected chi connectivity index (χ3v) is 6.36. The highest BCUT2D eigenvalue weighted by molar-refractivity contribution is 9.10. The van der Waals surface area contributed by atoms with Crippen LogP contribution in [-0.4, -0.2) is 31.4 Å². The van der Waals surface area contributed by atoms with E-state index in [9.17, 15) is 12.8 Å². The van der Waals surface area contributed by atoms with Gasteiger partial charge in [0.2, 0.25) is 10.0 Å². The fourth-order valence-corrected chi connectivity index (χ4v) is 5.12. The maximum absolute atomic E-state index is 13.8. The van der Waals surface area contributed by atoms with Crippen LogP contribution in [0.25, 0.3) is 0 Å². The topological polar surface area (TPSA) is 63.4 Å². The first kappa shape index (κ1) is 14.9. The molecule has 1 aliphatic rings. The quantitative estimate of drug-likeness (QED) is 0.888. The molecule has 2 rings (SSSR count). The minimum Gasteiger partial charge on any atom is -0.328 e. The number of hydrogen-bond acceptors (Lipinski definition) is 3. The number of rotatable bonds is 2. The van der Waals surface area contributed by atoms with Crippen LogP contribution in [0.5, 0.6) is 0 Å². The standard InChI is InChI=1S/C12H16BrFN2O2S/c1-8-7-9(15)5-6-16(8)19(17,18)12-10(13)3-2-4-11(12)14/h2-4,8-9H,5-7,15H2,1H3/t8-,9+/m1/s1. The number of nitrogens with two attached hydrogens (primary N) is 1. The maximum atomic E-state index is 13.8. The Morgan fingerprint density at radius 3 is 2.74 bits per heavy atom. The van der Waals surface area contributed by atoms with Gasteiger partial charge in [0.15, 0.2) is 0 Å². The van der Waals surface area contributed by atoms with Crippen molar-refractivity contribution in [2.75, 3.05) is 6.54 Å². The van der Waals surface area contributed by atoms with E-state index in [2.05, 4.69) is 15.9 Å². The number of nitrogens with zero attached hydrogens (tertiary/aromatic N) is 1. The summed E-state index contributed by atoms with van der Waals surface area (Å²) in [6, 6.07) is 3.92. The van der Waals surface area contributed by atoms with Crippen molar-refractivity contribution in [1.82, 2.24) is 4.31 Å². The van der Waals surface area contributed by atoms with E-state index >= 15 is 0 Å². The molecule has 4 nitrogen and oxygen atoms in total.